The molecular weight excluding hydrogens is 152 g/mol. The van der Waals surface area contributed by atoms with Gasteiger partial charge in [-0.25, -0.2) is 0 Å². The molecule has 2 aliphatic rings. The summed E-state index contributed by atoms with van der Waals surface area (Å²) >= 11 is 0. The lowest BCUT2D eigenvalue weighted by Gasteiger charge is -2.26. The molecule has 2 aliphatic heterocycles. The summed E-state index contributed by atoms with van der Waals surface area (Å²) in [6.45, 7) is 0.175. The SMILES string of the molecule is O=C1[C@@H]2OC[C@@H](O2)[C@H](O)[C@@H]1O. The Morgan fingerprint density at radius 2 is 2.18 bits per heavy atom. The van der Waals surface area contributed by atoms with E-state index < -0.39 is 30.4 Å². The van der Waals surface area contributed by atoms with Gasteiger partial charge in [-0.3, -0.25) is 4.79 Å². The molecule has 0 saturated carbocycles. The van der Waals surface area contributed by atoms with Crippen LogP contribution in [0.15, 0.2) is 0 Å². The Balaban J connectivity index is 2.23. The van der Waals surface area contributed by atoms with Crippen molar-refractivity contribution in [1.29, 1.82) is 0 Å². The fourth-order valence-electron chi connectivity index (χ4n) is 1.26. The van der Waals surface area contributed by atoms with Crippen molar-refractivity contribution >= 4 is 5.78 Å². The van der Waals surface area contributed by atoms with E-state index >= 15 is 0 Å². The van der Waals surface area contributed by atoms with E-state index in [2.05, 4.69) is 0 Å². The normalized spacial score (nSPS) is 49.8. The minimum Gasteiger partial charge on any atom is -0.387 e. The van der Waals surface area contributed by atoms with Crippen molar-refractivity contribution in [2.45, 2.75) is 24.6 Å². The highest BCUT2D eigenvalue weighted by molar-refractivity contribution is 5.87. The first-order valence-corrected chi connectivity index (χ1v) is 3.37. The molecule has 0 amide bonds. The number of rotatable bonds is 0. The molecule has 0 aliphatic carbocycles. The molecule has 2 bridgehead atoms. The summed E-state index contributed by atoms with van der Waals surface area (Å²) in [5.41, 5.74) is 0. The fraction of sp³-hybridized carbons (Fsp3) is 0.833. The number of carbonyl (C=O) groups excluding carboxylic acids is 1. The molecule has 5 nitrogen and oxygen atoms in total. The smallest absolute Gasteiger partial charge is 0.221 e. The van der Waals surface area contributed by atoms with Crippen LogP contribution in [0.5, 0.6) is 0 Å². The van der Waals surface area contributed by atoms with Crippen LogP contribution in [-0.4, -0.2) is 47.2 Å². The molecule has 0 radical (unpaired) electrons. The van der Waals surface area contributed by atoms with Crippen molar-refractivity contribution in [2.24, 2.45) is 0 Å². The van der Waals surface area contributed by atoms with Crippen LogP contribution >= 0.6 is 0 Å². The number of Topliss-reactive ketones (excluding diaryl/α,β-unsaturated/α-hetero) is 1. The van der Waals surface area contributed by atoms with Gasteiger partial charge in [0.2, 0.25) is 12.1 Å². The van der Waals surface area contributed by atoms with Crippen molar-refractivity contribution in [1.82, 2.24) is 0 Å². The Morgan fingerprint density at radius 1 is 1.45 bits per heavy atom. The number of hydrogen-bond acceptors (Lipinski definition) is 5. The van der Waals surface area contributed by atoms with Crippen molar-refractivity contribution in [2.75, 3.05) is 6.61 Å². The predicted octanol–water partition coefficient (Wildman–Crippen LogP) is -1.97. The molecule has 62 valence electrons. The summed E-state index contributed by atoms with van der Waals surface area (Å²) < 4.78 is 9.75. The summed E-state index contributed by atoms with van der Waals surface area (Å²) in [5.74, 6) is -0.591. The first kappa shape index (κ1) is 7.17. The third-order valence-electron chi connectivity index (χ3n) is 1.94. The average Bonchev–Trinajstić information content (AvgIpc) is 2.44. The van der Waals surface area contributed by atoms with Gasteiger partial charge in [0.25, 0.3) is 0 Å². The van der Waals surface area contributed by atoms with Crippen LogP contribution in [0.1, 0.15) is 0 Å². The largest absolute Gasteiger partial charge is 0.387 e. The lowest BCUT2D eigenvalue weighted by atomic mass is 10.0. The Labute approximate surface area is 62.5 Å². The molecule has 0 unspecified atom stereocenters. The van der Waals surface area contributed by atoms with E-state index in [4.69, 9.17) is 19.7 Å². The molecule has 2 N–H and O–H groups in total. The van der Waals surface area contributed by atoms with Crippen LogP contribution < -0.4 is 0 Å². The second kappa shape index (κ2) is 2.25. The van der Waals surface area contributed by atoms with E-state index in [0.717, 1.165) is 0 Å². The molecule has 2 rings (SSSR count). The van der Waals surface area contributed by atoms with Crippen molar-refractivity contribution in [3.63, 3.8) is 0 Å². The van der Waals surface area contributed by atoms with Gasteiger partial charge < -0.3 is 19.7 Å². The molecule has 2 saturated heterocycles. The molecule has 0 aromatic carbocycles. The van der Waals surface area contributed by atoms with Gasteiger partial charge in [-0.1, -0.05) is 0 Å². The van der Waals surface area contributed by atoms with Crippen LogP contribution in [0, 0.1) is 0 Å². The maximum atomic E-state index is 10.9. The van der Waals surface area contributed by atoms with Gasteiger partial charge in [0.1, 0.15) is 18.3 Å². The molecule has 2 fully saturated rings. The Kier molecular flexibility index (Phi) is 1.47. The zero-order valence-electron chi connectivity index (χ0n) is 5.64. The first-order valence-electron chi connectivity index (χ1n) is 3.37. The molecule has 2 heterocycles. The minimum atomic E-state index is -1.35. The third-order valence-corrected chi connectivity index (χ3v) is 1.94. The van der Waals surface area contributed by atoms with Crippen molar-refractivity contribution < 1.29 is 24.5 Å². The number of fused-ring (bicyclic) bond motifs is 2. The monoisotopic (exact) mass is 160 g/mol. The highest BCUT2D eigenvalue weighted by Crippen LogP contribution is 2.24. The highest BCUT2D eigenvalue weighted by Gasteiger charge is 2.48. The molecular formula is C6H8O5. The zero-order valence-corrected chi connectivity index (χ0v) is 5.64. The van der Waals surface area contributed by atoms with Crippen molar-refractivity contribution in [3.05, 3.63) is 0 Å². The number of ketones is 1. The van der Waals surface area contributed by atoms with Gasteiger partial charge in [-0.15, -0.1) is 0 Å². The maximum absolute atomic E-state index is 10.9. The third kappa shape index (κ3) is 0.893. The van der Waals surface area contributed by atoms with Gasteiger partial charge >= 0.3 is 0 Å². The van der Waals surface area contributed by atoms with Gasteiger partial charge in [0.05, 0.1) is 6.61 Å². The summed E-state index contributed by atoms with van der Waals surface area (Å²) in [7, 11) is 0. The van der Waals surface area contributed by atoms with Crippen LogP contribution in [-0.2, 0) is 14.3 Å². The van der Waals surface area contributed by atoms with E-state index in [9.17, 15) is 4.79 Å². The van der Waals surface area contributed by atoms with Crippen molar-refractivity contribution in [3.8, 4) is 0 Å². The molecule has 5 heteroatoms. The van der Waals surface area contributed by atoms with Gasteiger partial charge in [-0.05, 0) is 0 Å². The minimum absolute atomic E-state index is 0.175. The molecule has 0 aromatic rings. The second-order valence-electron chi connectivity index (χ2n) is 2.68. The van der Waals surface area contributed by atoms with Crippen LogP contribution in [0.25, 0.3) is 0 Å². The quantitative estimate of drug-likeness (QED) is 0.430. The topological polar surface area (TPSA) is 76.0 Å². The number of ether oxygens (including phenoxy) is 2. The van der Waals surface area contributed by atoms with Gasteiger partial charge in [0, 0.05) is 0 Å². The Hall–Kier alpha value is -0.490. The standard InChI is InChI=1S/C6H8O5/c7-3-2-1-10-6(11-2)5(9)4(3)8/h2-4,6-8H,1H2/t2-,3+,4+,6-/m1/s1. The van der Waals surface area contributed by atoms with Gasteiger partial charge in [-0.2, -0.15) is 0 Å². The van der Waals surface area contributed by atoms with Crippen LogP contribution in [0.2, 0.25) is 0 Å². The van der Waals surface area contributed by atoms with E-state index in [0.29, 0.717) is 0 Å². The lowest BCUT2D eigenvalue weighted by Crippen LogP contribution is -2.50. The Morgan fingerprint density at radius 3 is 2.91 bits per heavy atom. The summed E-state index contributed by atoms with van der Waals surface area (Å²) in [4.78, 5) is 10.9. The predicted molar refractivity (Wildman–Crippen MR) is 31.6 cm³/mol. The highest BCUT2D eigenvalue weighted by atomic mass is 16.7. The van der Waals surface area contributed by atoms with Crippen LogP contribution in [0.3, 0.4) is 0 Å². The van der Waals surface area contributed by atoms with Gasteiger partial charge in [0.15, 0.2) is 0 Å². The first-order chi connectivity index (χ1) is 5.20. The number of aliphatic hydroxyl groups excluding tert-OH is 2. The second-order valence-corrected chi connectivity index (χ2v) is 2.68. The molecule has 0 aromatic heterocycles. The maximum Gasteiger partial charge on any atom is 0.221 e. The molecule has 4 atom stereocenters. The van der Waals surface area contributed by atoms with E-state index in [-0.39, 0.29) is 6.61 Å². The van der Waals surface area contributed by atoms with Crippen LogP contribution in [0.4, 0.5) is 0 Å². The van der Waals surface area contributed by atoms with E-state index in [1.54, 1.807) is 0 Å². The number of carbonyl (C=O) groups is 1. The van der Waals surface area contributed by atoms with E-state index in [1.807, 2.05) is 0 Å². The number of aliphatic hydroxyl groups is 2. The summed E-state index contributed by atoms with van der Waals surface area (Å²) in [5, 5.41) is 18.2. The summed E-state index contributed by atoms with van der Waals surface area (Å²) in [6.07, 6.45) is -3.99. The molecule has 0 spiro atoms. The number of hydrogen-bond donors (Lipinski definition) is 2. The average molecular weight is 160 g/mol. The Bertz CT molecular complexity index is 191. The zero-order chi connectivity index (χ0) is 8.01. The van der Waals surface area contributed by atoms with E-state index in [1.165, 1.54) is 0 Å². The summed E-state index contributed by atoms with van der Waals surface area (Å²) in [6, 6.07) is 0. The lowest BCUT2D eigenvalue weighted by molar-refractivity contribution is -0.182. The fourth-order valence-corrected chi connectivity index (χ4v) is 1.26. The molecule has 11 heavy (non-hydrogen) atoms.